The van der Waals surface area contributed by atoms with Crippen LogP contribution in [-0.4, -0.2) is 21.6 Å². The molecule has 0 saturated carbocycles. The lowest BCUT2D eigenvalue weighted by Gasteiger charge is -2.23. The minimum Gasteiger partial charge on any atom is -0.312 e. The van der Waals surface area contributed by atoms with Crippen LogP contribution in [0.5, 0.6) is 0 Å². The molecule has 0 fully saturated rings. The van der Waals surface area contributed by atoms with Crippen LogP contribution in [0.2, 0.25) is 5.02 Å². The topological polar surface area (TPSA) is 46.9 Å². The molecule has 0 amide bonds. The Kier molecular flexibility index (Phi) is 4.71. The Bertz CT molecular complexity index is 422. The summed E-state index contributed by atoms with van der Waals surface area (Å²) in [5.74, 6) is 0.340. The lowest BCUT2D eigenvalue weighted by atomic mass is 10.1. The monoisotopic (exact) mass is 257 g/mol. The summed E-state index contributed by atoms with van der Waals surface area (Å²) in [5, 5.41) is 3.89. The fourth-order valence-electron chi connectivity index (χ4n) is 1.44. The molecule has 96 valence electrons. The van der Waals surface area contributed by atoms with Gasteiger partial charge in [-0.1, -0.05) is 18.5 Å². The average molecular weight is 258 g/mol. The van der Waals surface area contributed by atoms with Gasteiger partial charge in [0.1, 0.15) is 0 Å². The highest BCUT2D eigenvalue weighted by atomic mass is 35.5. The van der Waals surface area contributed by atoms with Crippen molar-refractivity contribution in [3.63, 3.8) is 0 Å². The number of nitrogens with one attached hydrogen (secondary N) is 1. The Morgan fingerprint density at radius 2 is 2.18 bits per heavy atom. The van der Waals surface area contributed by atoms with E-state index in [4.69, 9.17) is 11.6 Å². The fourth-order valence-corrected chi connectivity index (χ4v) is 1.61. The highest BCUT2D eigenvalue weighted by molar-refractivity contribution is 6.30. The second-order valence-corrected chi connectivity index (χ2v) is 5.88. The summed E-state index contributed by atoms with van der Waals surface area (Å²) in [5.41, 5.74) is -0.164. The fraction of sp³-hybridized carbons (Fsp3) is 0.667. The van der Waals surface area contributed by atoms with Crippen LogP contribution in [0.3, 0.4) is 0 Å². The summed E-state index contributed by atoms with van der Waals surface area (Å²) in [7, 11) is 0. The minimum absolute atomic E-state index is 0.0891. The number of hydrogen-bond donors (Lipinski definition) is 1. The van der Waals surface area contributed by atoms with Crippen LogP contribution >= 0.6 is 11.6 Å². The third-order valence-corrected chi connectivity index (χ3v) is 2.51. The summed E-state index contributed by atoms with van der Waals surface area (Å²) in [4.78, 5) is 15.2. The zero-order chi connectivity index (χ0) is 13.1. The Balaban J connectivity index is 2.59. The summed E-state index contributed by atoms with van der Waals surface area (Å²) < 4.78 is 1.55. The van der Waals surface area contributed by atoms with Crippen LogP contribution in [0.15, 0.2) is 17.2 Å². The SMILES string of the molecule is CC(CNC(C)(C)C)Cn1cc(Cl)cnc1=O. The predicted octanol–water partition coefficient (Wildman–Crippen LogP) is 1.92. The average Bonchev–Trinajstić information content (AvgIpc) is 2.20. The maximum Gasteiger partial charge on any atom is 0.347 e. The van der Waals surface area contributed by atoms with Crippen molar-refractivity contribution in [3.05, 3.63) is 27.9 Å². The minimum atomic E-state index is -0.253. The molecule has 1 aromatic heterocycles. The smallest absolute Gasteiger partial charge is 0.312 e. The third-order valence-electron chi connectivity index (χ3n) is 2.31. The Morgan fingerprint density at radius 3 is 2.76 bits per heavy atom. The first kappa shape index (κ1) is 14.2. The van der Waals surface area contributed by atoms with Crippen molar-refractivity contribution in [1.29, 1.82) is 0 Å². The normalized spacial score (nSPS) is 13.7. The first-order chi connectivity index (χ1) is 7.78. The quantitative estimate of drug-likeness (QED) is 0.897. The van der Waals surface area contributed by atoms with Gasteiger partial charge < -0.3 is 5.32 Å². The summed E-state index contributed by atoms with van der Waals surface area (Å²) in [6.07, 6.45) is 3.00. The zero-order valence-corrected chi connectivity index (χ0v) is 11.6. The van der Waals surface area contributed by atoms with Crippen molar-refractivity contribution in [3.8, 4) is 0 Å². The first-order valence-electron chi connectivity index (χ1n) is 5.75. The van der Waals surface area contributed by atoms with E-state index in [9.17, 15) is 4.79 Å². The lowest BCUT2D eigenvalue weighted by Crippen LogP contribution is -2.40. The number of aromatic nitrogens is 2. The van der Waals surface area contributed by atoms with E-state index in [0.717, 1.165) is 6.54 Å². The van der Waals surface area contributed by atoms with Crippen molar-refractivity contribution >= 4 is 11.6 Å². The van der Waals surface area contributed by atoms with Crippen LogP contribution in [0.25, 0.3) is 0 Å². The van der Waals surface area contributed by atoms with Gasteiger partial charge in [-0.15, -0.1) is 0 Å². The Hall–Kier alpha value is -0.870. The molecule has 17 heavy (non-hydrogen) atoms. The van der Waals surface area contributed by atoms with Crippen molar-refractivity contribution < 1.29 is 0 Å². The Morgan fingerprint density at radius 1 is 1.53 bits per heavy atom. The van der Waals surface area contributed by atoms with Gasteiger partial charge in [0.15, 0.2) is 0 Å². The molecule has 1 N–H and O–H groups in total. The van der Waals surface area contributed by atoms with Gasteiger partial charge in [-0.05, 0) is 33.2 Å². The largest absolute Gasteiger partial charge is 0.347 e. The van der Waals surface area contributed by atoms with Gasteiger partial charge in [0.2, 0.25) is 0 Å². The molecule has 0 aliphatic heterocycles. The Labute approximate surface area is 107 Å². The second-order valence-electron chi connectivity index (χ2n) is 5.44. The maximum absolute atomic E-state index is 11.5. The molecule has 5 heteroatoms. The molecule has 1 rings (SSSR count). The number of halogens is 1. The van der Waals surface area contributed by atoms with E-state index in [-0.39, 0.29) is 11.2 Å². The van der Waals surface area contributed by atoms with Gasteiger partial charge in [-0.2, -0.15) is 0 Å². The van der Waals surface area contributed by atoms with Gasteiger partial charge in [0, 0.05) is 18.3 Å². The van der Waals surface area contributed by atoms with Crippen molar-refractivity contribution in [2.75, 3.05) is 6.54 Å². The highest BCUT2D eigenvalue weighted by Crippen LogP contribution is 2.05. The summed E-state index contributed by atoms with van der Waals surface area (Å²) >= 11 is 5.81. The molecule has 0 aliphatic rings. The number of rotatable bonds is 4. The van der Waals surface area contributed by atoms with E-state index in [1.807, 2.05) is 0 Å². The molecule has 4 nitrogen and oxygen atoms in total. The maximum atomic E-state index is 11.5. The van der Waals surface area contributed by atoms with Crippen LogP contribution < -0.4 is 11.0 Å². The van der Waals surface area contributed by atoms with Crippen LogP contribution in [0, 0.1) is 5.92 Å². The first-order valence-corrected chi connectivity index (χ1v) is 6.13. The van der Waals surface area contributed by atoms with E-state index < -0.39 is 0 Å². The van der Waals surface area contributed by atoms with E-state index in [1.165, 1.54) is 6.20 Å². The molecule has 1 atom stereocenters. The van der Waals surface area contributed by atoms with Crippen LogP contribution in [-0.2, 0) is 6.54 Å². The number of nitrogens with zero attached hydrogens (tertiary/aromatic N) is 2. The summed E-state index contributed by atoms with van der Waals surface area (Å²) in [6, 6.07) is 0. The molecule has 1 aromatic rings. The third kappa shape index (κ3) is 5.33. The van der Waals surface area contributed by atoms with Crippen molar-refractivity contribution in [1.82, 2.24) is 14.9 Å². The van der Waals surface area contributed by atoms with Gasteiger partial charge in [-0.3, -0.25) is 4.57 Å². The van der Waals surface area contributed by atoms with Gasteiger partial charge in [0.05, 0.1) is 11.2 Å². The molecule has 0 spiro atoms. The highest BCUT2D eigenvalue weighted by Gasteiger charge is 2.12. The molecule has 0 bridgehead atoms. The molecular weight excluding hydrogens is 238 g/mol. The molecule has 1 heterocycles. The molecule has 1 unspecified atom stereocenters. The molecule has 0 aliphatic carbocycles. The molecule has 0 radical (unpaired) electrons. The molecule has 0 saturated heterocycles. The lowest BCUT2D eigenvalue weighted by molar-refractivity contribution is 0.357. The van der Waals surface area contributed by atoms with Crippen LogP contribution in [0.1, 0.15) is 27.7 Å². The number of hydrogen-bond acceptors (Lipinski definition) is 3. The van der Waals surface area contributed by atoms with Crippen molar-refractivity contribution in [2.45, 2.75) is 39.8 Å². The van der Waals surface area contributed by atoms with Gasteiger partial charge in [0.25, 0.3) is 0 Å². The molecular formula is C12H20ClN3O. The van der Waals surface area contributed by atoms with Crippen LogP contribution in [0.4, 0.5) is 0 Å². The van der Waals surface area contributed by atoms with Gasteiger partial charge >= 0.3 is 5.69 Å². The summed E-state index contributed by atoms with van der Waals surface area (Å²) in [6.45, 7) is 9.91. The zero-order valence-electron chi connectivity index (χ0n) is 10.8. The second kappa shape index (κ2) is 5.65. The van der Waals surface area contributed by atoms with E-state index in [2.05, 4.69) is 38.0 Å². The van der Waals surface area contributed by atoms with Gasteiger partial charge in [-0.25, -0.2) is 9.78 Å². The van der Waals surface area contributed by atoms with E-state index in [1.54, 1.807) is 10.8 Å². The standard InChI is InChI=1S/C12H20ClN3O/c1-9(5-15-12(2,3)4)7-16-8-10(13)6-14-11(16)17/h6,8-9,15H,5,7H2,1-4H3. The van der Waals surface area contributed by atoms with E-state index in [0.29, 0.717) is 17.5 Å². The molecule has 0 aromatic carbocycles. The predicted molar refractivity (Wildman–Crippen MR) is 70.4 cm³/mol. The van der Waals surface area contributed by atoms with Crippen molar-refractivity contribution in [2.24, 2.45) is 5.92 Å². The van der Waals surface area contributed by atoms with E-state index >= 15 is 0 Å².